The number of anilines is 1. The Morgan fingerprint density at radius 1 is 1.50 bits per heavy atom. The summed E-state index contributed by atoms with van der Waals surface area (Å²) < 4.78 is 4.77. The van der Waals surface area contributed by atoms with Crippen molar-refractivity contribution in [1.82, 2.24) is 5.32 Å². The molecule has 0 bridgehead atoms. The summed E-state index contributed by atoms with van der Waals surface area (Å²) in [5, 5.41) is 6.68. The fourth-order valence-electron chi connectivity index (χ4n) is 2.30. The summed E-state index contributed by atoms with van der Waals surface area (Å²) >= 11 is 0. The Morgan fingerprint density at radius 2 is 2.33 bits per heavy atom. The number of rotatable bonds is 5. The molecule has 0 aromatic heterocycles. The van der Waals surface area contributed by atoms with Crippen molar-refractivity contribution in [2.75, 3.05) is 32.1 Å². The molecular formula is C14H20N2O2. The van der Waals surface area contributed by atoms with Gasteiger partial charge in [0.05, 0.1) is 12.7 Å². The fourth-order valence-corrected chi connectivity index (χ4v) is 2.30. The van der Waals surface area contributed by atoms with Crippen LogP contribution in [0.5, 0.6) is 0 Å². The predicted molar refractivity (Wildman–Crippen MR) is 71.9 cm³/mol. The van der Waals surface area contributed by atoms with E-state index < -0.39 is 0 Å². The van der Waals surface area contributed by atoms with Gasteiger partial charge in [0.1, 0.15) is 0 Å². The molecule has 4 nitrogen and oxygen atoms in total. The normalized spacial score (nSPS) is 18.6. The Hall–Kier alpha value is -1.55. The second kappa shape index (κ2) is 6.40. The molecular weight excluding hydrogens is 228 g/mol. The van der Waals surface area contributed by atoms with E-state index >= 15 is 0 Å². The highest BCUT2D eigenvalue weighted by atomic mass is 16.5. The highest BCUT2D eigenvalue weighted by molar-refractivity contribution is 5.95. The molecule has 1 heterocycles. The average Bonchev–Trinajstić information content (AvgIpc) is 2.92. The number of ether oxygens (including phenoxy) is 1. The molecule has 98 valence electrons. The first kappa shape index (κ1) is 12.9. The maximum atomic E-state index is 11.6. The van der Waals surface area contributed by atoms with Crippen LogP contribution in [0.4, 0.5) is 5.69 Å². The lowest BCUT2D eigenvalue weighted by atomic mass is 10.1. The monoisotopic (exact) mass is 248 g/mol. The van der Waals surface area contributed by atoms with Gasteiger partial charge in [-0.15, -0.1) is 0 Å². The summed E-state index contributed by atoms with van der Waals surface area (Å²) in [7, 11) is 1.41. The molecule has 1 aliphatic rings. The van der Waals surface area contributed by atoms with E-state index in [1.807, 2.05) is 18.2 Å². The molecule has 0 aliphatic carbocycles. The van der Waals surface area contributed by atoms with Crippen molar-refractivity contribution >= 4 is 11.7 Å². The number of hydrogen-bond acceptors (Lipinski definition) is 4. The zero-order chi connectivity index (χ0) is 12.8. The van der Waals surface area contributed by atoms with Crippen molar-refractivity contribution in [3.63, 3.8) is 0 Å². The minimum atomic E-state index is -0.291. The van der Waals surface area contributed by atoms with Gasteiger partial charge in [-0.1, -0.05) is 12.1 Å². The summed E-state index contributed by atoms with van der Waals surface area (Å²) in [6, 6.07) is 7.47. The molecule has 1 aromatic rings. The first-order valence-electron chi connectivity index (χ1n) is 6.43. The van der Waals surface area contributed by atoms with E-state index in [1.165, 1.54) is 13.5 Å². The summed E-state index contributed by atoms with van der Waals surface area (Å²) in [6.07, 6.45) is 2.38. The minimum absolute atomic E-state index is 0.291. The van der Waals surface area contributed by atoms with Crippen molar-refractivity contribution in [2.45, 2.75) is 12.8 Å². The molecule has 0 amide bonds. The van der Waals surface area contributed by atoms with Gasteiger partial charge in [-0.2, -0.15) is 0 Å². The second-order valence-corrected chi connectivity index (χ2v) is 4.61. The number of carbonyl (C=O) groups is 1. The van der Waals surface area contributed by atoms with Gasteiger partial charge in [0.2, 0.25) is 0 Å². The van der Waals surface area contributed by atoms with Crippen LogP contribution in [0.15, 0.2) is 24.3 Å². The van der Waals surface area contributed by atoms with Crippen molar-refractivity contribution < 1.29 is 9.53 Å². The van der Waals surface area contributed by atoms with Crippen LogP contribution in [-0.2, 0) is 4.74 Å². The van der Waals surface area contributed by atoms with Crippen molar-refractivity contribution in [1.29, 1.82) is 0 Å². The first-order chi connectivity index (χ1) is 8.81. The van der Waals surface area contributed by atoms with Gasteiger partial charge in [-0.25, -0.2) is 4.79 Å². The van der Waals surface area contributed by atoms with Gasteiger partial charge in [0, 0.05) is 12.2 Å². The topological polar surface area (TPSA) is 50.4 Å². The summed E-state index contributed by atoms with van der Waals surface area (Å²) in [6.45, 7) is 3.13. The van der Waals surface area contributed by atoms with E-state index in [2.05, 4.69) is 10.6 Å². The maximum Gasteiger partial charge on any atom is 0.339 e. The average molecular weight is 248 g/mol. The largest absolute Gasteiger partial charge is 0.465 e. The molecule has 0 saturated carbocycles. The van der Waals surface area contributed by atoms with Crippen LogP contribution >= 0.6 is 0 Å². The highest BCUT2D eigenvalue weighted by Gasteiger charge is 2.14. The van der Waals surface area contributed by atoms with Crippen LogP contribution in [0.3, 0.4) is 0 Å². The SMILES string of the molecule is COC(=O)c1ccccc1NCCC1CCNC1. The van der Waals surface area contributed by atoms with Crippen LogP contribution in [0, 0.1) is 5.92 Å². The number of para-hydroxylation sites is 1. The van der Waals surface area contributed by atoms with Crippen LogP contribution in [0.25, 0.3) is 0 Å². The Balaban J connectivity index is 1.89. The van der Waals surface area contributed by atoms with Gasteiger partial charge in [0.15, 0.2) is 0 Å². The highest BCUT2D eigenvalue weighted by Crippen LogP contribution is 2.17. The molecule has 4 heteroatoms. The zero-order valence-corrected chi connectivity index (χ0v) is 10.7. The molecule has 1 atom stereocenters. The predicted octanol–water partition coefficient (Wildman–Crippen LogP) is 1.88. The number of carbonyl (C=O) groups excluding carboxylic acids is 1. The quantitative estimate of drug-likeness (QED) is 0.781. The number of methoxy groups -OCH3 is 1. The molecule has 1 fully saturated rings. The van der Waals surface area contributed by atoms with Crippen LogP contribution in [0.2, 0.25) is 0 Å². The number of nitrogens with one attached hydrogen (secondary N) is 2. The third kappa shape index (κ3) is 3.23. The third-order valence-electron chi connectivity index (χ3n) is 3.36. The van der Waals surface area contributed by atoms with E-state index in [4.69, 9.17) is 4.74 Å². The van der Waals surface area contributed by atoms with E-state index in [0.717, 1.165) is 37.7 Å². The van der Waals surface area contributed by atoms with Gasteiger partial charge in [0.25, 0.3) is 0 Å². The standard InChI is InChI=1S/C14H20N2O2/c1-18-14(17)12-4-2-3-5-13(12)16-9-7-11-6-8-15-10-11/h2-5,11,15-16H,6-10H2,1H3. The maximum absolute atomic E-state index is 11.6. The van der Waals surface area contributed by atoms with Crippen molar-refractivity contribution in [2.24, 2.45) is 5.92 Å². The van der Waals surface area contributed by atoms with Crippen LogP contribution in [-0.4, -0.2) is 32.7 Å². The Labute approximate surface area is 108 Å². The smallest absolute Gasteiger partial charge is 0.339 e. The summed E-state index contributed by atoms with van der Waals surface area (Å²) in [5.74, 6) is 0.462. The molecule has 2 rings (SSSR count). The molecule has 0 spiro atoms. The summed E-state index contributed by atoms with van der Waals surface area (Å²) in [4.78, 5) is 11.6. The van der Waals surface area contributed by atoms with E-state index in [0.29, 0.717) is 5.56 Å². The van der Waals surface area contributed by atoms with Crippen LogP contribution in [0.1, 0.15) is 23.2 Å². The lowest BCUT2D eigenvalue weighted by molar-refractivity contribution is 0.0602. The van der Waals surface area contributed by atoms with E-state index in [1.54, 1.807) is 6.07 Å². The van der Waals surface area contributed by atoms with Gasteiger partial charge in [-0.05, 0) is 44.0 Å². The lowest BCUT2D eigenvalue weighted by Gasteiger charge is -2.12. The Morgan fingerprint density at radius 3 is 3.06 bits per heavy atom. The molecule has 1 aliphatic heterocycles. The van der Waals surface area contributed by atoms with Gasteiger partial charge >= 0.3 is 5.97 Å². The van der Waals surface area contributed by atoms with Crippen LogP contribution < -0.4 is 10.6 Å². The summed E-state index contributed by atoms with van der Waals surface area (Å²) in [5.41, 5.74) is 1.46. The number of hydrogen-bond donors (Lipinski definition) is 2. The Kier molecular flexibility index (Phi) is 4.59. The van der Waals surface area contributed by atoms with Crippen molar-refractivity contribution in [3.05, 3.63) is 29.8 Å². The fraction of sp³-hybridized carbons (Fsp3) is 0.500. The molecule has 1 saturated heterocycles. The number of esters is 1. The number of benzene rings is 1. The lowest BCUT2D eigenvalue weighted by Crippen LogP contribution is -2.14. The van der Waals surface area contributed by atoms with Crippen molar-refractivity contribution in [3.8, 4) is 0 Å². The molecule has 0 radical (unpaired) electrons. The van der Waals surface area contributed by atoms with E-state index in [-0.39, 0.29) is 5.97 Å². The third-order valence-corrected chi connectivity index (χ3v) is 3.36. The minimum Gasteiger partial charge on any atom is -0.465 e. The van der Waals surface area contributed by atoms with E-state index in [9.17, 15) is 4.79 Å². The Bertz CT molecular complexity index is 401. The molecule has 1 aromatic carbocycles. The molecule has 2 N–H and O–H groups in total. The molecule has 1 unspecified atom stereocenters. The molecule has 18 heavy (non-hydrogen) atoms. The first-order valence-corrected chi connectivity index (χ1v) is 6.43. The van der Waals surface area contributed by atoms with Gasteiger partial charge in [-0.3, -0.25) is 0 Å². The zero-order valence-electron chi connectivity index (χ0n) is 10.7. The second-order valence-electron chi connectivity index (χ2n) is 4.61. The van der Waals surface area contributed by atoms with Gasteiger partial charge < -0.3 is 15.4 Å².